The summed E-state index contributed by atoms with van der Waals surface area (Å²) in [6.45, 7) is 0.388. The average Bonchev–Trinajstić information content (AvgIpc) is 3.28. The van der Waals surface area contributed by atoms with Crippen molar-refractivity contribution in [3.05, 3.63) is 64.1 Å². The molecule has 2 heterocycles. The van der Waals surface area contributed by atoms with E-state index in [1.54, 1.807) is 30.5 Å². The molecule has 3 rings (SSSR count). The molecule has 0 atom stereocenters. The second-order valence-corrected chi connectivity index (χ2v) is 5.93. The Morgan fingerprint density at radius 2 is 2.19 bits per heavy atom. The molecule has 1 aromatic carbocycles. The third-order valence-corrected chi connectivity index (χ3v) is 3.69. The summed E-state index contributed by atoms with van der Waals surface area (Å²) < 4.78 is 8.42. The first-order valence-electron chi connectivity index (χ1n) is 7.88. The molecular formula is C16H15ClN6O4. The summed E-state index contributed by atoms with van der Waals surface area (Å²) in [5.74, 6) is 0.0942. The van der Waals surface area contributed by atoms with E-state index in [4.69, 9.17) is 16.3 Å². The largest absolute Gasteiger partial charge is 0.471 e. The Morgan fingerprint density at radius 3 is 2.93 bits per heavy atom. The summed E-state index contributed by atoms with van der Waals surface area (Å²) in [5.41, 5.74) is 0.515. The monoisotopic (exact) mass is 390 g/mol. The van der Waals surface area contributed by atoms with Crippen molar-refractivity contribution in [2.45, 2.75) is 19.7 Å². The van der Waals surface area contributed by atoms with Gasteiger partial charge in [-0.1, -0.05) is 17.7 Å². The molecule has 0 saturated heterocycles. The van der Waals surface area contributed by atoms with Gasteiger partial charge in [0.05, 0.1) is 42.0 Å². The highest BCUT2D eigenvalue weighted by Crippen LogP contribution is 2.17. The van der Waals surface area contributed by atoms with E-state index in [9.17, 15) is 14.9 Å². The van der Waals surface area contributed by atoms with Gasteiger partial charge in [-0.25, -0.2) is 4.68 Å². The van der Waals surface area contributed by atoms with Crippen LogP contribution in [0.25, 0.3) is 0 Å². The summed E-state index contributed by atoms with van der Waals surface area (Å²) in [4.78, 5) is 22.0. The maximum absolute atomic E-state index is 12.0. The zero-order valence-electron chi connectivity index (χ0n) is 14.0. The van der Waals surface area contributed by atoms with Gasteiger partial charge in [-0.05, 0) is 23.1 Å². The normalized spacial score (nSPS) is 10.6. The first-order valence-corrected chi connectivity index (χ1v) is 8.26. The Labute approximate surface area is 158 Å². The number of aromatic nitrogens is 4. The van der Waals surface area contributed by atoms with E-state index in [0.29, 0.717) is 16.5 Å². The lowest BCUT2D eigenvalue weighted by Gasteiger charge is -2.06. The lowest BCUT2D eigenvalue weighted by Crippen LogP contribution is -2.14. The number of nitrogens with zero attached hydrogens (tertiary/aromatic N) is 5. The third-order valence-electron chi connectivity index (χ3n) is 3.46. The van der Waals surface area contributed by atoms with Crippen molar-refractivity contribution in [3.63, 3.8) is 0 Å². The number of aryl methyl sites for hydroxylation is 1. The molecule has 0 aliphatic rings. The number of hydrogen-bond acceptors (Lipinski definition) is 6. The van der Waals surface area contributed by atoms with Crippen LogP contribution in [0.2, 0.25) is 5.02 Å². The molecule has 0 saturated carbocycles. The summed E-state index contributed by atoms with van der Waals surface area (Å²) in [7, 11) is 0. The molecular weight excluding hydrogens is 376 g/mol. The van der Waals surface area contributed by atoms with Crippen molar-refractivity contribution in [2.75, 3.05) is 5.32 Å². The number of hydrogen-bond donors (Lipinski definition) is 1. The molecule has 0 aliphatic carbocycles. The van der Waals surface area contributed by atoms with Gasteiger partial charge in [0, 0.05) is 11.4 Å². The molecule has 140 valence electrons. The van der Waals surface area contributed by atoms with E-state index in [1.165, 1.54) is 27.8 Å². The van der Waals surface area contributed by atoms with Gasteiger partial charge >= 0.3 is 5.82 Å². The zero-order valence-corrected chi connectivity index (χ0v) is 14.7. The number of nitro groups is 1. The molecule has 10 nitrogen and oxygen atoms in total. The highest BCUT2D eigenvalue weighted by Gasteiger charge is 2.12. The van der Waals surface area contributed by atoms with E-state index in [-0.39, 0.29) is 31.4 Å². The number of carbonyl (C=O) groups excluding carboxylic acids is 1. The van der Waals surface area contributed by atoms with E-state index >= 15 is 0 Å². The fraction of sp³-hybridized carbons (Fsp3) is 0.188. The van der Waals surface area contributed by atoms with Crippen LogP contribution in [0, 0.1) is 10.1 Å². The van der Waals surface area contributed by atoms with Crippen molar-refractivity contribution in [3.8, 4) is 5.75 Å². The molecule has 0 radical (unpaired) electrons. The maximum Gasteiger partial charge on any atom is 0.389 e. The maximum atomic E-state index is 12.0. The Balaban J connectivity index is 1.46. The molecule has 0 aliphatic heterocycles. The molecule has 11 heteroatoms. The van der Waals surface area contributed by atoms with Gasteiger partial charge in [-0.2, -0.15) is 9.78 Å². The molecule has 0 unspecified atom stereocenters. The minimum atomic E-state index is -0.587. The van der Waals surface area contributed by atoms with E-state index in [0.717, 1.165) is 0 Å². The first-order chi connectivity index (χ1) is 13.0. The van der Waals surface area contributed by atoms with Crippen LogP contribution in [-0.2, 0) is 18.1 Å². The third kappa shape index (κ3) is 5.28. The quantitative estimate of drug-likeness (QED) is 0.466. The molecule has 27 heavy (non-hydrogen) atoms. The number of rotatable bonds is 8. The van der Waals surface area contributed by atoms with Crippen LogP contribution in [0.1, 0.15) is 6.42 Å². The number of carbonyl (C=O) groups is 1. The fourth-order valence-electron chi connectivity index (χ4n) is 2.21. The zero-order chi connectivity index (χ0) is 19.2. The summed E-state index contributed by atoms with van der Waals surface area (Å²) in [6, 6.07) is 8.27. The number of nitrogens with one attached hydrogen (secondary N) is 1. The lowest BCUT2D eigenvalue weighted by molar-refractivity contribution is -0.389. The van der Waals surface area contributed by atoms with Gasteiger partial charge in [-0.15, -0.1) is 0 Å². The Morgan fingerprint density at radius 1 is 1.33 bits per heavy atom. The van der Waals surface area contributed by atoms with Crippen LogP contribution >= 0.6 is 11.6 Å². The van der Waals surface area contributed by atoms with Crippen molar-refractivity contribution >= 4 is 29.0 Å². The molecule has 1 amide bonds. The van der Waals surface area contributed by atoms with Crippen LogP contribution < -0.4 is 10.1 Å². The number of anilines is 1. The van der Waals surface area contributed by atoms with Gasteiger partial charge < -0.3 is 20.2 Å². The number of benzene rings is 1. The minimum absolute atomic E-state index is 0.114. The Kier molecular flexibility index (Phi) is 5.67. The lowest BCUT2D eigenvalue weighted by atomic mass is 10.3. The minimum Gasteiger partial charge on any atom is -0.471 e. The molecule has 3 aromatic rings. The van der Waals surface area contributed by atoms with Crippen LogP contribution in [0.15, 0.2) is 48.9 Å². The fourth-order valence-corrected chi connectivity index (χ4v) is 2.39. The highest BCUT2D eigenvalue weighted by molar-refractivity contribution is 6.30. The predicted molar refractivity (Wildman–Crippen MR) is 96.4 cm³/mol. The molecule has 1 N–H and O–H groups in total. The van der Waals surface area contributed by atoms with Crippen LogP contribution in [-0.4, -0.2) is 30.4 Å². The summed E-state index contributed by atoms with van der Waals surface area (Å²) in [6.07, 6.45) is 4.69. The van der Waals surface area contributed by atoms with Crippen LogP contribution in [0.4, 0.5) is 11.5 Å². The van der Waals surface area contributed by atoms with Crippen molar-refractivity contribution < 1.29 is 14.5 Å². The van der Waals surface area contributed by atoms with Gasteiger partial charge in [0.25, 0.3) is 0 Å². The van der Waals surface area contributed by atoms with E-state index in [2.05, 4.69) is 15.5 Å². The number of amides is 1. The smallest absolute Gasteiger partial charge is 0.389 e. The summed E-state index contributed by atoms with van der Waals surface area (Å²) >= 11 is 5.89. The molecule has 0 fully saturated rings. The SMILES string of the molecule is O=C(CCn1ccc([N+](=O)[O-])n1)Nc1cnn(COc2cccc(Cl)c2)c1. The van der Waals surface area contributed by atoms with E-state index < -0.39 is 4.92 Å². The van der Waals surface area contributed by atoms with Gasteiger partial charge in [0.15, 0.2) is 6.73 Å². The van der Waals surface area contributed by atoms with Gasteiger partial charge in [-0.3, -0.25) is 4.79 Å². The molecule has 0 spiro atoms. The van der Waals surface area contributed by atoms with Crippen molar-refractivity contribution in [2.24, 2.45) is 0 Å². The standard InChI is InChI=1S/C16H15ClN6O4/c17-12-2-1-3-14(8-12)27-11-22-10-13(9-18-22)19-16(24)5-7-21-6-4-15(20-21)23(25)26/h1-4,6,8-10H,5,7,11H2,(H,19,24). The second-order valence-electron chi connectivity index (χ2n) is 5.49. The highest BCUT2D eigenvalue weighted by atomic mass is 35.5. The number of halogens is 1. The second kappa shape index (κ2) is 8.32. The van der Waals surface area contributed by atoms with Gasteiger partial charge in [0.1, 0.15) is 5.75 Å². The van der Waals surface area contributed by atoms with Crippen LogP contribution in [0.3, 0.4) is 0 Å². The predicted octanol–water partition coefficient (Wildman–Crippen LogP) is 2.71. The molecule has 2 aromatic heterocycles. The van der Waals surface area contributed by atoms with Crippen LogP contribution in [0.5, 0.6) is 5.75 Å². The van der Waals surface area contributed by atoms with E-state index in [1.807, 2.05) is 0 Å². The summed E-state index contributed by atoms with van der Waals surface area (Å²) in [5, 5.41) is 21.7. The first kappa shape index (κ1) is 18.4. The molecule has 0 bridgehead atoms. The number of ether oxygens (including phenoxy) is 1. The Bertz CT molecular complexity index is 954. The van der Waals surface area contributed by atoms with Crippen molar-refractivity contribution in [1.82, 2.24) is 19.6 Å². The average molecular weight is 391 g/mol. The Hall–Kier alpha value is -3.40. The van der Waals surface area contributed by atoms with Gasteiger partial charge in [0.2, 0.25) is 5.91 Å². The van der Waals surface area contributed by atoms with Crippen molar-refractivity contribution in [1.29, 1.82) is 0 Å². The topological polar surface area (TPSA) is 117 Å².